The molecule has 0 aliphatic heterocycles. The van der Waals surface area contributed by atoms with Gasteiger partial charge in [-0.1, -0.05) is 12.1 Å². The van der Waals surface area contributed by atoms with Crippen molar-refractivity contribution in [3.8, 4) is 5.75 Å². The molecular formula is C9H11F3N2O. The van der Waals surface area contributed by atoms with Crippen molar-refractivity contribution in [2.45, 2.75) is 13.3 Å². The van der Waals surface area contributed by atoms with Gasteiger partial charge in [-0.2, -0.15) is 0 Å². The van der Waals surface area contributed by atoms with E-state index in [1.807, 2.05) is 0 Å². The molecule has 0 atom stereocenters. The summed E-state index contributed by atoms with van der Waals surface area (Å²) in [6.07, 6.45) is -4.70. The zero-order valence-corrected chi connectivity index (χ0v) is 8.08. The Morgan fingerprint density at radius 1 is 1.33 bits per heavy atom. The predicted octanol–water partition coefficient (Wildman–Crippen LogP) is 2.29. The second-order valence-corrected chi connectivity index (χ2v) is 2.80. The van der Waals surface area contributed by atoms with E-state index in [9.17, 15) is 13.2 Å². The number of rotatable bonds is 3. The number of halogens is 3. The quantitative estimate of drug-likeness (QED) is 0.627. The lowest BCUT2D eigenvalue weighted by atomic mass is 10.3. The summed E-state index contributed by atoms with van der Waals surface area (Å²) in [6.45, 7) is 2.11. The summed E-state index contributed by atoms with van der Waals surface area (Å²) in [7, 11) is 0. The van der Waals surface area contributed by atoms with Gasteiger partial charge in [-0.3, -0.25) is 0 Å². The van der Waals surface area contributed by atoms with Crippen LogP contribution in [-0.2, 0) is 0 Å². The van der Waals surface area contributed by atoms with Crippen LogP contribution >= 0.6 is 0 Å². The van der Waals surface area contributed by atoms with Crippen LogP contribution in [0.1, 0.15) is 6.92 Å². The molecule has 0 aliphatic rings. The van der Waals surface area contributed by atoms with Gasteiger partial charge < -0.3 is 9.75 Å². The number of nitrogens with two attached hydrogens (primary N) is 1. The maximum Gasteiger partial charge on any atom is 0.573 e. The average Bonchev–Trinajstić information content (AvgIpc) is 2.15. The zero-order valence-electron chi connectivity index (χ0n) is 8.08. The summed E-state index contributed by atoms with van der Waals surface area (Å²) in [5, 5.41) is 1.18. The van der Waals surface area contributed by atoms with E-state index < -0.39 is 6.36 Å². The third-order valence-electron chi connectivity index (χ3n) is 1.74. The normalized spacial score (nSPS) is 11.3. The van der Waals surface area contributed by atoms with E-state index in [2.05, 4.69) is 4.74 Å². The monoisotopic (exact) mass is 220 g/mol. The standard InChI is InChI=1S/C9H11F3N2O/c1-2-14(13)7-5-3-4-6-8(7)15-9(10,11)12/h3-6H,2,13H2,1H3. The summed E-state index contributed by atoms with van der Waals surface area (Å²) in [5.74, 6) is 5.20. The van der Waals surface area contributed by atoms with Crippen molar-refractivity contribution in [3.63, 3.8) is 0 Å². The Morgan fingerprint density at radius 3 is 2.47 bits per heavy atom. The van der Waals surface area contributed by atoms with Gasteiger partial charge in [0, 0.05) is 6.54 Å². The van der Waals surface area contributed by atoms with Crippen LogP contribution in [0.4, 0.5) is 18.9 Å². The molecule has 0 amide bonds. The van der Waals surface area contributed by atoms with E-state index in [-0.39, 0.29) is 11.4 Å². The van der Waals surface area contributed by atoms with Gasteiger partial charge >= 0.3 is 6.36 Å². The van der Waals surface area contributed by atoms with Gasteiger partial charge in [0.15, 0.2) is 5.75 Å². The number of alkyl halides is 3. The minimum atomic E-state index is -4.70. The fraction of sp³-hybridized carbons (Fsp3) is 0.333. The van der Waals surface area contributed by atoms with E-state index >= 15 is 0 Å². The molecule has 3 nitrogen and oxygen atoms in total. The highest BCUT2D eigenvalue weighted by molar-refractivity contribution is 5.57. The molecule has 0 aromatic heterocycles. The second kappa shape index (κ2) is 4.39. The SMILES string of the molecule is CCN(N)c1ccccc1OC(F)(F)F. The Morgan fingerprint density at radius 2 is 1.93 bits per heavy atom. The molecule has 1 aromatic carbocycles. The lowest BCUT2D eigenvalue weighted by molar-refractivity contribution is -0.274. The van der Waals surface area contributed by atoms with Crippen molar-refractivity contribution in [2.75, 3.05) is 11.6 Å². The van der Waals surface area contributed by atoms with Crippen LogP contribution in [0.3, 0.4) is 0 Å². The van der Waals surface area contributed by atoms with Crippen LogP contribution in [0.2, 0.25) is 0 Å². The van der Waals surface area contributed by atoms with Gasteiger partial charge in [-0.15, -0.1) is 13.2 Å². The molecule has 84 valence electrons. The van der Waals surface area contributed by atoms with E-state index in [0.717, 1.165) is 0 Å². The third-order valence-corrected chi connectivity index (χ3v) is 1.74. The molecule has 0 bridgehead atoms. The van der Waals surface area contributed by atoms with Crippen molar-refractivity contribution >= 4 is 5.69 Å². The second-order valence-electron chi connectivity index (χ2n) is 2.80. The Labute approximate surface area is 85.2 Å². The summed E-state index contributed by atoms with van der Waals surface area (Å²) >= 11 is 0. The molecule has 0 saturated carbocycles. The van der Waals surface area contributed by atoms with Gasteiger partial charge in [0.05, 0.1) is 5.69 Å². The molecule has 6 heteroatoms. The van der Waals surface area contributed by atoms with Crippen LogP contribution < -0.4 is 15.6 Å². The molecule has 0 unspecified atom stereocenters. The topological polar surface area (TPSA) is 38.5 Å². The third kappa shape index (κ3) is 3.32. The highest BCUT2D eigenvalue weighted by Crippen LogP contribution is 2.31. The fourth-order valence-corrected chi connectivity index (χ4v) is 1.08. The molecule has 0 radical (unpaired) electrons. The van der Waals surface area contributed by atoms with Gasteiger partial charge in [0.2, 0.25) is 0 Å². The number of para-hydroxylation sites is 2. The highest BCUT2D eigenvalue weighted by atomic mass is 19.4. The first-order valence-corrected chi connectivity index (χ1v) is 4.31. The minimum Gasteiger partial charge on any atom is -0.404 e. The van der Waals surface area contributed by atoms with Crippen molar-refractivity contribution in [1.29, 1.82) is 0 Å². The largest absolute Gasteiger partial charge is 0.573 e. The molecule has 1 rings (SSSR count). The van der Waals surface area contributed by atoms with Crippen LogP contribution in [0.5, 0.6) is 5.75 Å². The Bertz CT molecular complexity index is 327. The number of ether oxygens (including phenoxy) is 1. The smallest absolute Gasteiger partial charge is 0.404 e. The van der Waals surface area contributed by atoms with Crippen LogP contribution in [-0.4, -0.2) is 12.9 Å². The van der Waals surface area contributed by atoms with E-state index in [1.165, 1.54) is 23.2 Å². The fourth-order valence-electron chi connectivity index (χ4n) is 1.08. The van der Waals surface area contributed by atoms with Crippen molar-refractivity contribution < 1.29 is 17.9 Å². The molecule has 0 saturated heterocycles. The van der Waals surface area contributed by atoms with Crippen LogP contribution in [0, 0.1) is 0 Å². The summed E-state index contributed by atoms with van der Waals surface area (Å²) in [6, 6.07) is 5.73. The predicted molar refractivity (Wildman–Crippen MR) is 50.3 cm³/mol. The maximum absolute atomic E-state index is 12.0. The molecule has 0 aliphatic carbocycles. The minimum absolute atomic E-state index is 0.206. The van der Waals surface area contributed by atoms with Gasteiger partial charge in [-0.25, -0.2) is 5.84 Å². The van der Waals surface area contributed by atoms with Crippen molar-refractivity contribution in [3.05, 3.63) is 24.3 Å². The Hall–Kier alpha value is -1.43. The number of hydrazine groups is 1. The van der Waals surface area contributed by atoms with Crippen LogP contribution in [0.25, 0.3) is 0 Å². The Balaban J connectivity index is 2.96. The summed E-state index contributed by atoms with van der Waals surface area (Å²) in [5.41, 5.74) is 0.206. The zero-order chi connectivity index (χ0) is 11.5. The van der Waals surface area contributed by atoms with Gasteiger partial charge in [0.25, 0.3) is 0 Å². The van der Waals surface area contributed by atoms with E-state index in [1.54, 1.807) is 13.0 Å². The van der Waals surface area contributed by atoms with E-state index in [0.29, 0.717) is 6.54 Å². The number of hydrogen-bond acceptors (Lipinski definition) is 3. The average molecular weight is 220 g/mol. The number of anilines is 1. The molecule has 2 N–H and O–H groups in total. The number of nitrogens with zero attached hydrogens (tertiary/aromatic N) is 1. The van der Waals surface area contributed by atoms with Gasteiger partial charge in [0.1, 0.15) is 0 Å². The lowest BCUT2D eigenvalue weighted by Crippen LogP contribution is -2.31. The first-order chi connectivity index (χ1) is 6.94. The molecule has 1 aromatic rings. The lowest BCUT2D eigenvalue weighted by Gasteiger charge is -2.20. The molecule has 0 spiro atoms. The van der Waals surface area contributed by atoms with Crippen molar-refractivity contribution in [2.24, 2.45) is 5.84 Å². The first-order valence-electron chi connectivity index (χ1n) is 4.31. The van der Waals surface area contributed by atoms with Gasteiger partial charge in [-0.05, 0) is 19.1 Å². The van der Waals surface area contributed by atoms with Crippen molar-refractivity contribution in [1.82, 2.24) is 0 Å². The molecule has 0 heterocycles. The summed E-state index contributed by atoms with van der Waals surface area (Å²) in [4.78, 5) is 0. The maximum atomic E-state index is 12.0. The molecular weight excluding hydrogens is 209 g/mol. The number of hydrogen-bond donors (Lipinski definition) is 1. The Kier molecular flexibility index (Phi) is 3.41. The molecule has 15 heavy (non-hydrogen) atoms. The molecule has 0 fully saturated rings. The summed E-state index contributed by atoms with van der Waals surface area (Å²) < 4.78 is 39.9. The first kappa shape index (κ1) is 11.6. The number of benzene rings is 1. The van der Waals surface area contributed by atoms with E-state index in [4.69, 9.17) is 5.84 Å². The highest BCUT2D eigenvalue weighted by Gasteiger charge is 2.32. The van der Waals surface area contributed by atoms with Crippen LogP contribution in [0.15, 0.2) is 24.3 Å².